The fourth-order valence-electron chi connectivity index (χ4n) is 2.53. The van der Waals surface area contributed by atoms with Crippen LogP contribution in [0.1, 0.15) is 20.3 Å². The lowest BCUT2D eigenvalue weighted by molar-refractivity contribution is 0.415. The van der Waals surface area contributed by atoms with Gasteiger partial charge in [0.1, 0.15) is 11.6 Å². The van der Waals surface area contributed by atoms with Gasteiger partial charge in [0.2, 0.25) is 0 Å². The molecule has 4 heteroatoms. The zero-order valence-corrected chi connectivity index (χ0v) is 13.2. The van der Waals surface area contributed by atoms with Crippen LogP contribution >= 0.6 is 0 Å². The average molecular weight is 287 g/mol. The van der Waals surface area contributed by atoms with Crippen LogP contribution in [0.3, 0.4) is 0 Å². The second-order valence-corrected chi connectivity index (χ2v) is 5.70. The molecule has 0 aliphatic carbocycles. The molecule has 0 fully saturated rings. The van der Waals surface area contributed by atoms with Crippen LogP contribution in [0.15, 0.2) is 30.5 Å². The number of ether oxygens (including phenoxy) is 1. The third kappa shape index (κ3) is 3.85. The van der Waals surface area contributed by atoms with Crippen molar-refractivity contribution in [3.8, 4) is 5.75 Å². The van der Waals surface area contributed by atoms with E-state index in [1.807, 2.05) is 18.3 Å². The minimum atomic E-state index is 0.582. The largest absolute Gasteiger partial charge is 0.497 e. The molecule has 0 spiro atoms. The van der Waals surface area contributed by atoms with E-state index in [4.69, 9.17) is 10.5 Å². The zero-order valence-electron chi connectivity index (χ0n) is 13.2. The van der Waals surface area contributed by atoms with Gasteiger partial charge in [-0.15, -0.1) is 0 Å². The highest BCUT2D eigenvalue weighted by atomic mass is 16.5. The van der Waals surface area contributed by atoms with Gasteiger partial charge in [0.25, 0.3) is 0 Å². The normalized spacial score (nSPS) is 11.1. The highest BCUT2D eigenvalue weighted by Crippen LogP contribution is 2.28. The Balaban J connectivity index is 2.41. The third-order valence-corrected chi connectivity index (χ3v) is 3.47. The van der Waals surface area contributed by atoms with Crippen molar-refractivity contribution in [3.05, 3.63) is 30.5 Å². The molecular formula is C17H25N3O. The van der Waals surface area contributed by atoms with Crippen LogP contribution in [-0.4, -0.2) is 31.7 Å². The Morgan fingerprint density at radius 2 is 2.10 bits per heavy atom. The summed E-state index contributed by atoms with van der Waals surface area (Å²) in [7, 11) is 1.69. The van der Waals surface area contributed by atoms with E-state index in [2.05, 4.69) is 35.9 Å². The molecule has 2 aromatic rings. The first-order chi connectivity index (χ1) is 10.2. The van der Waals surface area contributed by atoms with Gasteiger partial charge in [-0.2, -0.15) is 0 Å². The number of nitrogens with zero attached hydrogens (tertiary/aromatic N) is 2. The first-order valence-corrected chi connectivity index (χ1v) is 7.53. The molecule has 0 saturated carbocycles. The minimum absolute atomic E-state index is 0.582. The Kier molecular flexibility index (Phi) is 5.39. The summed E-state index contributed by atoms with van der Waals surface area (Å²) in [6.07, 6.45) is 2.84. The fourth-order valence-corrected chi connectivity index (χ4v) is 2.53. The number of hydrogen-bond acceptors (Lipinski definition) is 4. The van der Waals surface area contributed by atoms with Gasteiger partial charge < -0.3 is 15.4 Å². The molecule has 0 atom stereocenters. The lowest BCUT2D eigenvalue weighted by atomic mass is 10.1. The lowest BCUT2D eigenvalue weighted by Crippen LogP contribution is -2.30. The highest BCUT2D eigenvalue weighted by Gasteiger charge is 2.13. The van der Waals surface area contributed by atoms with Crippen molar-refractivity contribution in [1.82, 2.24) is 4.98 Å². The number of anilines is 1. The van der Waals surface area contributed by atoms with Crippen LogP contribution in [0.2, 0.25) is 0 Å². The zero-order chi connectivity index (χ0) is 15.2. The number of methoxy groups -OCH3 is 1. The number of fused-ring (bicyclic) bond motifs is 1. The number of aromatic nitrogens is 1. The van der Waals surface area contributed by atoms with Crippen molar-refractivity contribution < 1.29 is 4.74 Å². The number of hydrogen-bond donors (Lipinski definition) is 1. The predicted molar refractivity (Wildman–Crippen MR) is 89.0 cm³/mol. The van der Waals surface area contributed by atoms with E-state index in [0.717, 1.165) is 41.9 Å². The molecule has 1 aromatic heterocycles. The Bertz CT molecular complexity index is 583. The molecule has 2 N–H and O–H groups in total. The van der Waals surface area contributed by atoms with Gasteiger partial charge in [-0.1, -0.05) is 13.8 Å². The van der Waals surface area contributed by atoms with Gasteiger partial charge in [-0.05, 0) is 48.5 Å². The molecule has 0 bridgehead atoms. The summed E-state index contributed by atoms with van der Waals surface area (Å²) in [5, 5.41) is 2.32. The highest BCUT2D eigenvalue weighted by molar-refractivity contribution is 5.93. The molecule has 4 nitrogen and oxygen atoms in total. The maximum atomic E-state index is 5.67. The molecule has 114 valence electrons. The van der Waals surface area contributed by atoms with Crippen LogP contribution < -0.4 is 15.4 Å². The van der Waals surface area contributed by atoms with Crippen molar-refractivity contribution in [2.45, 2.75) is 20.3 Å². The van der Waals surface area contributed by atoms with Gasteiger partial charge in [0.15, 0.2) is 0 Å². The summed E-state index contributed by atoms with van der Waals surface area (Å²) in [4.78, 5) is 6.95. The summed E-state index contributed by atoms with van der Waals surface area (Å²) in [5.74, 6) is 2.49. The van der Waals surface area contributed by atoms with Crippen LogP contribution in [0.5, 0.6) is 5.75 Å². The van der Waals surface area contributed by atoms with Crippen molar-refractivity contribution in [2.75, 3.05) is 31.6 Å². The maximum Gasteiger partial charge on any atom is 0.136 e. The van der Waals surface area contributed by atoms with E-state index in [9.17, 15) is 0 Å². The second-order valence-electron chi connectivity index (χ2n) is 5.70. The van der Waals surface area contributed by atoms with Gasteiger partial charge in [0.05, 0.1) is 7.11 Å². The smallest absolute Gasteiger partial charge is 0.136 e. The Hall–Kier alpha value is -1.81. The van der Waals surface area contributed by atoms with Crippen molar-refractivity contribution in [3.63, 3.8) is 0 Å². The fraction of sp³-hybridized carbons (Fsp3) is 0.471. The average Bonchev–Trinajstić information content (AvgIpc) is 2.50. The molecule has 0 aliphatic heterocycles. The first kappa shape index (κ1) is 15.6. The van der Waals surface area contributed by atoms with Crippen molar-refractivity contribution in [2.24, 2.45) is 11.7 Å². The van der Waals surface area contributed by atoms with E-state index in [-0.39, 0.29) is 0 Å². The van der Waals surface area contributed by atoms with Crippen molar-refractivity contribution >= 4 is 16.6 Å². The Labute approximate surface area is 126 Å². The van der Waals surface area contributed by atoms with E-state index >= 15 is 0 Å². The monoisotopic (exact) mass is 287 g/mol. The molecule has 2 rings (SSSR count). The molecule has 1 heterocycles. The molecule has 0 amide bonds. The molecule has 0 aliphatic rings. The maximum absolute atomic E-state index is 5.67. The van der Waals surface area contributed by atoms with E-state index < -0.39 is 0 Å². The van der Waals surface area contributed by atoms with Crippen molar-refractivity contribution in [1.29, 1.82) is 0 Å². The molecular weight excluding hydrogens is 262 g/mol. The number of benzene rings is 1. The minimum Gasteiger partial charge on any atom is -0.497 e. The van der Waals surface area contributed by atoms with E-state index in [0.29, 0.717) is 12.5 Å². The third-order valence-electron chi connectivity index (χ3n) is 3.47. The second kappa shape index (κ2) is 7.27. The number of rotatable bonds is 7. The van der Waals surface area contributed by atoms with E-state index in [1.54, 1.807) is 7.11 Å². The van der Waals surface area contributed by atoms with Crippen LogP contribution in [-0.2, 0) is 0 Å². The standard InChI is InChI=1S/C17H25N3O/c1-13(2)12-20(10-4-8-18)17-16-6-5-15(21-3)11-14(16)7-9-19-17/h5-7,9,11,13H,4,8,10,12,18H2,1-3H3. The number of pyridine rings is 1. The quantitative estimate of drug-likeness (QED) is 0.850. The van der Waals surface area contributed by atoms with Gasteiger partial charge in [-0.3, -0.25) is 0 Å². The molecule has 0 radical (unpaired) electrons. The number of nitrogens with two attached hydrogens (primary N) is 1. The van der Waals surface area contributed by atoms with E-state index in [1.165, 1.54) is 0 Å². The molecule has 0 unspecified atom stereocenters. The topological polar surface area (TPSA) is 51.4 Å². The van der Waals surface area contributed by atoms with Gasteiger partial charge in [-0.25, -0.2) is 4.98 Å². The summed E-state index contributed by atoms with van der Waals surface area (Å²) >= 11 is 0. The van der Waals surface area contributed by atoms with Crippen LogP contribution in [0, 0.1) is 5.92 Å². The van der Waals surface area contributed by atoms with Crippen LogP contribution in [0.25, 0.3) is 10.8 Å². The summed E-state index contributed by atoms with van der Waals surface area (Å²) < 4.78 is 5.30. The molecule has 21 heavy (non-hydrogen) atoms. The molecule has 1 aromatic carbocycles. The first-order valence-electron chi connectivity index (χ1n) is 7.53. The lowest BCUT2D eigenvalue weighted by Gasteiger charge is -2.26. The van der Waals surface area contributed by atoms with Gasteiger partial charge in [0, 0.05) is 24.7 Å². The summed E-state index contributed by atoms with van der Waals surface area (Å²) in [6, 6.07) is 8.16. The van der Waals surface area contributed by atoms with Crippen LogP contribution in [0.4, 0.5) is 5.82 Å². The predicted octanol–water partition coefficient (Wildman–Crippen LogP) is 3.05. The Morgan fingerprint density at radius 3 is 2.76 bits per heavy atom. The summed E-state index contributed by atoms with van der Waals surface area (Å²) in [6.45, 7) is 7.07. The SMILES string of the molecule is COc1ccc2c(N(CCCN)CC(C)C)nccc2c1. The Morgan fingerprint density at radius 1 is 1.29 bits per heavy atom. The molecule has 0 saturated heterocycles. The van der Waals surface area contributed by atoms with Gasteiger partial charge >= 0.3 is 0 Å². The summed E-state index contributed by atoms with van der Waals surface area (Å²) in [5.41, 5.74) is 5.67.